The third-order valence-electron chi connectivity index (χ3n) is 6.21. The number of anilines is 2. The van der Waals surface area contributed by atoms with Crippen LogP contribution in [0.1, 0.15) is 25.7 Å². The Morgan fingerprint density at radius 3 is 2.63 bits per heavy atom. The smallest absolute Gasteiger partial charge is 0.147 e. The Balaban J connectivity index is 1.42. The monoisotopic (exact) mass is 366 g/mol. The molecule has 0 aliphatic carbocycles. The number of hydrogen-bond acceptors (Lipinski definition) is 6. The minimum absolute atomic E-state index is 0.111. The molecule has 2 aliphatic rings. The lowest BCUT2D eigenvalue weighted by atomic mass is 9.98. The number of nitrogens with two attached hydrogens (primary N) is 1. The van der Waals surface area contributed by atoms with Crippen LogP contribution in [0.4, 0.5) is 11.5 Å². The molecule has 5 rings (SSSR count). The predicted octanol–water partition coefficient (Wildman–Crippen LogP) is 2.12. The highest BCUT2D eigenvalue weighted by molar-refractivity contribution is 6.14. The number of likely N-dealkylation sites (tertiary alicyclic amines) is 1. The number of nitrogen functional groups attached to an aromatic ring is 1. The van der Waals surface area contributed by atoms with Crippen molar-refractivity contribution in [1.29, 1.82) is 0 Å². The van der Waals surface area contributed by atoms with Crippen LogP contribution >= 0.6 is 0 Å². The fourth-order valence-electron chi connectivity index (χ4n) is 4.74. The van der Waals surface area contributed by atoms with E-state index in [1.165, 1.54) is 0 Å². The highest BCUT2D eigenvalue weighted by Gasteiger charge is 2.29. The van der Waals surface area contributed by atoms with Gasteiger partial charge in [0.1, 0.15) is 11.5 Å². The second-order valence-corrected chi connectivity index (χ2v) is 7.79. The van der Waals surface area contributed by atoms with Crippen molar-refractivity contribution in [3.8, 4) is 0 Å². The molecule has 0 saturated carbocycles. The molecule has 4 N–H and O–H groups in total. The van der Waals surface area contributed by atoms with Gasteiger partial charge in [-0.05, 0) is 37.8 Å². The largest absolute Gasteiger partial charge is 0.393 e. The summed E-state index contributed by atoms with van der Waals surface area (Å²) in [6, 6.07) is 4.66. The van der Waals surface area contributed by atoms with E-state index in [9.17, 15) is 5.11 Å². The number of piperidine rings is 2. The van der Waals surface area contributed by atoms with Gasteiger partial charge in [0, 0.05) is 49.2 Å². The Labute approximate surface area is 158 Å². The van der Waals surface area contributed by atoms with Crippen LogP contribution < -0.4 is 10.6 Å². The minimum Gasteiger partial charge on any atom is -0.393 e. The molecule has 27 heavy (non-hydrogen) atoms. The summed E-state index contributed by atoms with van der Waals surface area (Å²) in [5.41, 5.74) is 9.24. The van der Waals surface area contributed by atoms with E-state index in [4.69, 9.17) is 5.73 Å². The van der Waals surface area contributed by atoms with Crippen molar-refractivity contribution in [2.24, 2.45) is 0 Å². The molecule has 0 bridgehead atoms. The van der Waals surface area contributed by atoms with E-state index < -0.39 is 0 Å². The zero-order valence-electron chi connectivity index (χ0n) is 15.4. The normalized spacial score (nSPS) is 20.7. The van der Waals surface area contributed by atoms with Gasteiger partial charge in [-0.1, -0.05) is 0 Å². The van der Waals surface area contributed by atoms with E-state index >= 15 is 0 Å². The summed E-state index contributed by atoms with van der Waals surface area (Å²) in [7, 11) is 0. The number of nitrogens with one attached hydrogen (secondary N) is 1. The number of aliphatic hydroxyl groups excluding tert-OH is 1. The summed E-state index contributed by atoms with van der Waals surface area (Å²) in [5.74, 6) is 0.590. The number of nitrogens with zero attached hydrogens (tertiary/aromatic N) is 4. The van der Waals surface area contributed by atoms with Gasteiger partial charge in [0.25, 0.3) is 0 Å². The fourth-order valence-corrected chi connectivity index (χ4v) is 4.74. The highest BCUT2D eigenvalue weighted by Crippen LogP contribution is 2.37. The van der Waals surface area contributed by atoms with Gasteiger partial charge in [-0.3, -0.25) is 0 Å². The van der Waals surface area contributed by atoms with Crippen LogP contribution in [-0.4, -0.2) is 63.3 Å². The first-order chi connectivity index (χ1) is 13.2. The summed E-state index contributed by atoms with van der Waals surface area (Å²) in [6.07, 6.45) is 7.54. The first-order valence-corrected chi connectivity index (χ1v) is 9.88. The molecule has 7 heteroatoms. The zero-order valence-corrected chi connectivity index (χ0v) is 15.4. The molecule has 0 spiro atoms. The van der Waals surface area contributed by atoms with E-state index in [0.29, 0.717) is 11.9 Å². The van der Waals surface area contributed by atoms with Crippen molar-refractivity contribution in [2.45, 2.75) is 37.8 Å². The van der Waals surface area contributed by atoms with Crippen LogP contribution in [0.5, 0.6) is 0 Å². The van der Waals surface area contributed by atoms with Crippen molar-refractivity contribution >= 4 is 33.4 Å². The lowest BCUT2D eigenvalue weighted by Gasteiger charge is -2.42. The second kappa shape index (κ2) is 6.65. The van der Waals surface area contributed by atoms with E-state index in [1.807, 2.05) is 12.3 Å². The van der Waals surface area contributed by atoms with E-state index in [1.54, 1.807) is 6.20 Å². The quantitative estimate of drug-likeness (QED) is 0.643. The Bertz CT molecular complexity index is 954. The topological polar surface area (TPSA) is 94.3 Å². The lowest BCUT2D eigenvalue weighted by Crippen LogP contribution is -2.48. The van der Waals surface area contributed by atoms with Crippen molar-refractivity contribution < 1.29 is 5.11 Å². The van der Waals surface area contributed by atoms with E-state index in [-0.39, 0.29) is 6.10 Å². The van der Waals surface area contributed by atoms with Gasteiger partial charge in [0.15, 0.2) is 0 Å². The van der Waals surface area contributed by atoms with Gasteiger partial charge in [-0.15, -0.1) is 0 Å². The van der Waals surface area contributed by atoms with Crippen LogP contribution in [0.15, 0.2) is 24.5 Å². The fraction of sp³-hybridized carbons (Fsp3) is 0.500. The SMILES string of the molecule is Nc1ncc2[nH]c3ncccc3c2c1N1CCC(N2CCC(O)CC2)CC1. The molecule has 3 aromatic rings. The lowest BCUT2D eigenvalue weighted by molar-refractivity contribution is 0.0542. The molecule has 3 aromatic heterocycles. The van der Waals surface area contributed by atoms with Crippen LogP contribution in [0.2, 0.25) is 0 Å². The number of pyridine rings is 2. The van der Waals surface area contributed by atoms with Crippen LogP contribution in [-0.2, 0) is 0 Å². The molecule has 0 radical (unpaired) electrons. The van der Waals surface area contributed by atoms with Crippen molar-refractivity contribution in [2.75, 3.05) is 36.8 Å². The maximum absolute atomic E-state index is 9.75. The molecule has 2 aliphatic heterocycles. The molecule has 0 amide bonds. The van der Waals surface area contributed by atoms with Crippen molar-refractivity contribution in [3.05, 3.63) is 24.5 Å². The Hall–Kier alpha value is -2.38. The first kappa shape index (κ1) is 16.8. The number of H-pyrrole nitrogens is 1. The maximum Gasteiger partial charge on any atom is 0.147 e. The van der Waals surface area contributed by atoms with E-state index in [2.05, 4.69) is 30.8 Å². The Kier molecular flexibility index (Phi) is 4.13. The summed E-state index contributed by atoms with van der Waals surface area (Å²) in [6.45, 7) is 3.97. The number of aliphatic hydroxyl groups is 1. The van der Waals surface area contributed by atoms with Crippen molar-refractivity contribution in [3.63, 3.8) is 0 Å². The number of hydrogen-bond donors (Lipinski definition) is 3. The van der Waals surface area contributed by atoms with Gasteiger partial charge in [-0.2, -0.15) is 0 Å². The van der Waals surface area contributed by atoms with E-state index in [0.717, 1.165) is 79.5 Å². The maximum atomic E-state index is 9.75. The summed E-state index contributed by atoms with van der Waals surface area (Å²) < 4.78 is 0. The van der Waals surface area contributed by atoms with Crippen LogP contribution in [0.3, 0.4) is 0 Å². The third-order valence-corrected chi connectivity index (χ3v) is 6.21. The second-order valence-electron chi connectivity index (χ2n) is 7.79. The molecule has 7 nitrogen and oxygen atoms in total. The van der Waals surface area contributed by atoms with Gasteiger partial charge < -0.3 is 25.6 Å². The predicted molar refractivity (Wildman–Crippen MR) is 108 cm³/mol. The molecule has 0 atom stereocenters. The van der Waals surface area contributed by atoms with Crippen LogP contribution in [0.25, 0.3) is 21.9 Å². The molecule has 0 aromatic carbocycles. The Morgan fingerprint density at radius 1 is 1.07 bits per heavy atom. The Morgan fingerprint density at radius 2 is 1.85 bits per heavy atom. The molecular weight excluding hydrogens is 340 g/mol. The summed E-state index contributed by atoms with van der Waals surface area (Å²) in [5, 5.41) is 12.0. The zero-order chi connectivity index (χ0) is 18.4. The molecule has 0 unspecified atom stereocenters. The number of rotatable bonds is 2. The summed E-state index contributed by atoms with van der Waals surface area (Å²) >= 11 is 0. The average molecular weight is 366 g/mol. The van der Waals surface area contributed by atoms with Gasteiger partial charge >= 0.3 is 0 Å². The molecule has 142 valence electrons. The van der Waals surface area contributed by atoms with Gasteiger partial charge in [-0.25, -0.2) is 9.97 Å². The van der Waals surface area contributed by atoms with Gasteiger partial charge in [0.2, 0.25) is 0 Å². The standard InChI is InChI=1S/C20H26N6O/c21-19-18(17-15-2-1-7-22-20(15)24-16(17)12-23-19)26-8-3-13(4-9-26)25-10-5-14(27)6-11-25/h1-2,7,12-14,27H,3-6,8-11H2,(H2,21,23)(H,22,24). The molecular formula is C20H26N6O. The molecule has 5 heterocycles. The molecule has 2 saturated heterocycles. The van der Waals surface area contributed by atoms with Gasteiger partial charge in [0.05, 0.1) is 23.5 Å². The highest BCUT2D eigenvalue weighted by atomic mass is 16.3. The number of aromatic nitrogens is 3. The number of aromatic amines is 1. The van der Waals surface area contributed by atoms with Crippen LogP contribution in [0, 0.1) is 0 Å². The minimum atomic E-state index is -0.111. The van der Waals surface area contributed by atoms with Crippen molar-refractivity contribution in [1.82, 2.24) is 19.9 Å². The molecule has 2 fully saturated rings. The number of fused-ring (bicyclic) bond motifs is 3. The first-order valence-electron chi connectivity index (χ1n) is 9.88. The summed E-state index contributed by atoms with van der Waals surface area (Å²) in [4.78, 5) is 17.2. The third kappa shape index (κ3) is 2.91. The average Bonchev–Trinajstić information content (AvgIpc) is 3.08.